The second-order valence-corrected chi connectivity index (χ2v) is 3.62. The van der Waals surface area contributed by atoms with E-state index in [2.05, 4.69) is 27.6 Å². The summed E-state index contributed by atoms with van der Waals surface area (Å²) in [4.78, 5) is 2.80. The highest BCUT2D eigenvalue weighted by molar-refractivity contribution is 14.1. The van der Waals surface area contributed by atoms with E-state index in [-0.39, 0.29) is 5.75 Å². The van der Waals surface area contributed by atoms with Crippen molar-refractivity contribution in [3.63, 3.8) is 0 Å². The van der Waals surface area contributed by atoms with Crippen LogP contribution in [0.4, 0.5) is 4.39 Å². The summed E-state index contributed by atoms with van der Waals surface area (Å²) in [6.45, 7) is 0. The van der Waals surface area contributed by atoms with Crippen LogP contribution in [0.5, 0.6) is 5.75 Å². The number of aromatic nitrogens is 1. The Bertz CT molecular complexity index is 438. The van der Waals surface area contributed by atoms with E-state index in [0.29, 0.717) is 5.52 Å². The van der Waals surface area contributed by atoms with Crippen molar-refractivity contribution in [3.05, 3.63) is 27.7 Å². The number of hydrogen-bond donors (Lipinski definition) is 2. The van der Waals surface area contributed by atoms with Crippen molar-refractivity contribution in [2.45, 2.75) is 0 Å². The molecule has 0 saturated heterocycles. The quantitative estimate of drug-likeness (QED) is 0.713. The summed E-state index contributed by atoms with van der Waals surface area (Å²) in [5, 5.41) is 10.1. The molecule has 2 N–H and O–H groups in total. The summed E-state index contributed by atoms with van der Waals surface area (Å²) < 4.78 is 13.8. The Morgan fingerprint density at radius 1 is 1.42 bits per heavy atom. The number of rotatable bonds is 0. The lowest BCUT2D eigenvalue weighted by Crippen LogP contribution is -1.77. The van der Waals surface area contributed by atoms with Crippen LogP contribution in [-0.2, 0) is 0 Å². The van der Waals surface area contributed by atoms with Gasteiger partial charge < -0.3 is 10.1 Å². The number of aromatic amines is 1. The fourth-order valence-corrected chi connectivity index (χ4v) is 1.73. The molecule has 0 fully saturated rings. The molecule has 2 aromatic rings. The van der Waals surface area contributed by atoms with Gasteiger partial charge in [-0.1, -0.05) is 0 Å². The summed E-state index contributed by atoms with van der Waals surface area (Å²) in [5.41, 5.74) is 0.458. The SMILES string of the molecule is Oc1c(F)ccc2c(I)c[nH]c12. The van der Waals surface area contributed by atoms with Crippen LogP contribution in [0, 0.1) is 9.39 Å². The lowest BCUT2D eigenvalue weighted by atomic mass is 10.2. The van der Waals surface area contributed by atoms with Gasteiger partial charge in [0.05, 0.1) is 5.52 Å². The molecule has 0 unspecified atom stereocenters. The molecule has 0 spiro atoms. The molecule has 0 aliphatic heterocycles. The summed E-state index contributed by atoms with van der Waals surface area (Å²) >= 11 is 2.12. The molecular formula is C8H5FINO. The van der Waals surface area contributed by atoms with Crippen molar-refractivity contribution in [3.8, 4) is 5.75 Å². The van der Waals surface area contributed by atoms with Gasteiger partial charge >= 0.3 is 0 Å². The van der Waals surface area contributed by atoms with E-state index >= 15 is 0 Å². The zero-order valence-corrected chi connectivity index (χ0v) is 8.09. The summed E-state index contributed by atoms with van der Waals surface area (Å²) in [6, 6.07) is 2.90. The Morgan fingerprint density at radius 2 is 2.17 bits per heavy atom. The van der Waals surface area contributed by atoms with Gasteiger partial charge in [0, 0.05) is 15.2 Å². The van der Waals surface area contributed by atoms with Crippen molar-refractivity contribution in [1.82, 2.24) is 4.98 Å². The molecule has 0 bridgehead atoms. The minimum Gasteiger partial charge on any atom is -0.503 e. The molecule has 12 heavy (non-hydrogen) atoms. The topological polar surface area (TPSA) is 36.0 Å². The number of phenols is 1. The van der Waals surface area contributed by atoms with Gasteiger partial charge in [0.2, 0.25) is 0 Å². The van der Waals surface area contributed by atoms with Crippen molar-refractivity contribution in [2.24, 2.45) is 0 Å². The number of H-pyrrole nitrogens is 1. The molecule has 62 valence electrons. The van der Waals surface area contributed by atoms with Gasteiger partial charge in [-0.3, -0.25) is 0 Å². The summed E-state index contributed by atoms with van der Waals surface area (Å²) in [6.07, 6.45) is 1.73. The molecule has 1 aromatic heterocycles. The molecule has 2 rings (SSSR count). The smallest absolute Gasteiger partial charge is 0.175 e. The van der Waals surface area contributed by atoms with Crippen LogP contribution in [0.1, 0.15) is 0 Å². The van der Waals surface area contributed by atoms with Crippen LogP contribution >= 0.6 is 22.6 Å². The fourth-order valence-electron chi connectivity index (χ4n) is 1.12. The van der Waals surface area contributed by atoms with Gasteiger partial charge in [0.25, 0.3) is 0 Å². The highest BCUT2D eigenvalue weighted by Gasteiger charge is 2.08. The maximum atomic E-state index is 12.8. The Kier molecular flexibility index (Phi) is 1.71. The highest BCUT2D eigenvalue weighted by Crippen LogP contribution is 2.29. The first-order chi connectivity index (χ1) is 5.70. The predicted molar refractivity (Wildman–Crippen MR) is 52.6 cm³/mol. The first kappa shape index (κ1) is 7.85. The van der Waals surface area contributed by atoms with E-state index in [4.69, 9.17) is 0 Å². The number of fused-ring (bicyclic) bond motifs is 1. The molecule has 1 aromatic carbocycles. The number of phenolic OH excluding ortho intramolecular Hbond substituents is 1. The minimum atomic E-state index is -0.597. The number of hydrogen-bond acceptors (Lipinski definition) is 1. The van der Waals surface area contributed by atoms with E-state index in [1.165, 1.54) is 6.07 Å². The Morgan fingerprint density at radius 3 is 2.92 bits per heavy atom. The molecule has 0 aliphatic rings. The van der Waals surface area contributed by atoms with Gasteiger partial charge in [-0.05, 0) is 34.7 Å². The zero-order valence-electron chi connectivity index (χ0n) is 5.94. The third-order valence-corrected chi connectivity index (χ3v) is 2.62. The van der Waals surface area contributed by atoms with Gasteiger partial charge in [-0.2, -0.15) is 0 Å². The van der Waals surface area contributed by atoms with Crippen LogP contribution in [0.25, 0.3) is 10.9 Å². The predicted octanol–water partition coefficient (Wildman–Crippen LogP) is 2.62. The summed E-state index contributed by atoms with van der Waals surface area (Å²) in [7, 11) is 0. The van der Waals surface area contributed by atoms with Gasteiger partial charge in [-0.15, -0.1) is 0 Å². The van der Waals surface area contributed by atoms with Gasteiger partial charge in [-0.25, -0.2) is 4.39 Å². The van der Waals surface area contributed by atoms with E-state index in [1.807, 2.05) is 0 Å². The first-order valence-electron chi connectivity index (χ1n) is 3.34. The van der Waals surface area contributed by atoms with Crippen LogP contribution in [-0.4, -0.2) is 10.1 Å². The van der Waals surface area contributed by atoms with E-state index in [1.54, 1.807) is 12.3 Å². The average molecular weight is 277 g/mol. The van der Waals surface area contributed by atoms with E-state index in [0.717, 1.165) is 8.96 Å². The molecule has 0 amide bonds. The molecular weight excluding hydrogens is 272 g/mol. The van der Waals surface area contributed by atoms with Crippen molar-refractivity contribution < 1.29 is 9.50 Å². The van der Waals surface area contributed by atoms with Crippen molar-refractivity contribution in [2.75, 3.05) is 0 Å². The highest BCUT2D eigenvalue weighted by atomic mass is 127. The Balaban J connectivity index is 2.93. The Hall–Kier alpha value is -0.780. The maximum absolute atomic E-state index is 12.8. The molecule has 0 radical (unpaired) electrons. The molecule has 0 saturated carbocycles. The van der Waals surface area contributed by atoms with E-state index < -0.39 is 5.82 Å². The standard InChI is InChI=1S/C8H5FINO/c9-5-2-1-4-6(10)3-11-7(4)8(5)12/h1-3,11-12H. The van der Waals surface area contributed by atoms with Gasteiger partial charge in [0.15, 0.2) is 11.6 Å². The third-order valence-electron chi connectivity index (χ3n) is 1.73. The Labute approximate surface area is 81.5 Å². The fraction of sp³-hybridized carbons (Fsp3) is 0. The van der Waals surface area contributed by atoms with Gasteiger partial charge in [0.1, 0.15) is 0 Å². The van der Waals surface area contributed by atoms with Crippen molar-refractivity contribution >= 4 is 33.5 Å². The lowest BCUT2D eigenvalue weighted by Gasteiger charge is -1.95. The minimum absolute atomic E-state index is 0.310. The van der Waals surface area contributed by atoms with Crippen LogP contribution in [0.3, 0.4) is 0 Å². The number of benzene rings is 1. The third kappa shape index (κ3) is 0.979. The maximum Gasteiger partial charge on any atom is 0.175 e. The second kappa shape index (κ2) is 2.62. The molecule has 0 atom stereocenters. The van der Waals surface area contributed by atoms with Crippen LogP contribution < -0.4 is 0 Å². The largest absolute Gasteiger partial charge is 0.503 e. The number of halogens is 2. The normalized spacial score (nSPS) is 10.8. The zero-order chi connectivity index (χ0) is 8.72. The van der Waals surface area contributed by atoms with Crippen LogP contribution in [0.15, 0.2) is 18.3 Å². The molecule has 4 heteroatoms. The molecule has 0 aliphatic carbocycles. The van der Waals surface area contributed by atoms with Crippen molar-refractivity contribution in [1.29, 1.82) is 0 Å². The summed E-state index contributed by atoms with van der Waals surface area (Å²) in [5.74, 6) is -0.906. The number of aromatic hydroxyl groups is 1. The second-order valence-electron chi connectivity index (χ2n) is 2.46. The lowest BCUT2D eigenvalue weighted by molar-refractivity contribution is 0.438. The molecule has 1 heterocycles. The number of nitrogens with one attached hydrogen (secondary N) is 1. The van der Waals surface area contributed by atoms with Crippen LogP contribution in [0.2, 0.25) is 0 Å². The first-order valence-corrected chi connectivity index (χ1v) is 4.42. The monoisotopic (exact) mass is 277 g/mol. The average Bonchev–Trinajstić information content (AvgIpc) is 2.41. The van der Waals surface area contributed by atoms with E-state index in [9.17, 15) is 9.50 Å². The molecule has 2 nitrogen and oxygen atoms in total.